The summed E-state index contributed by atoms with van der Waals surface area (Å²) in [5, 5.41) is 3.46. The van der Waals surface area contributed by atoms with Gasteiger partial charge in [0, 0.05) is 6.54 Å². The van der Waals surface area contributed by atoms with E-state index >= 15 is 0 Å². The quantitative estimate of drug-likeness (QED) is 0.777. The van der Waals surface area contributed by atoms with Crippen molar-refractivity contribution in [1.29, 1.82) is 0 Å². The first-order valence-corrected chi connectivity index (χ1v) is 6.09. The van der Waals surface area contributed by atoms with Crippen molar-refractivity contribution in [2.75, 3.05) is 13.1 Å². The molecule has 1 aromatic rings. The molecule has 0 fully saturated rings. The van der Waals surface area contributed by atoms with Crippen molar-refractivity contribution >= 4 is 0 Å². The van der Waals surface area contributed by atoms with Crippen LogP contribution in [0.4, 0.5) is 4.39 Å². The lowest BCUT2D eigenvalue weighted by molar-refractivity contribution is 0.509. The molecular weight excluding hydrogens is 201 g/mol. The molecule has 1 nitrogen and oxygen atoms in total. The second-order valence-corrected chi connectivity index (χ2v) is 4.71. The van der Waals surface area contributed by atoms with Crippen LogP contribution in [-0.4, -0.2) is 13.1 Å². The fraction of sp³-hybridized carbons (Fsp3) is 0.571. The van der Waals surface area contributed by atoms with Crippen LogP contribution in [0.1, 0.15) is 38.7 Å². The molecule has 0 aliphatic carbocycles. The molecule has 1 unspecified atom stereocenters. The van der Waals surface area contributed by atoms with Crippen LogP contribution in [0.15, 0.2) is 24.3 Å². The molecule has 1 aromatic carbocycles. The van der Waals surface area contributed by atoms with E-state index in [9.17, 15) is 4.39 Å². The summed E-state index contributed by atoms with van der Waals surface area (Å²) in [5.41, 5.74) is 1.22. The van der Waals surface area contributed by atoms with Gasteiger partial charge in [-0.25, -0.2) is 4.39 Å². The van der Waals surface area contributed by atoms with Gasteiger partial charge in [-0.1, -0.05) is 32.9 Å². The third-order valence-electron chi connectivity index (χ3n) is 2.78. The third kappa shape index (κ3) is 4.31. The first-order chi connectivity index (χ1) is 7.63. The molecule has 1 atom stereocenters. The predicted octanol–water partition coefficient (Wildman–Crippen LogP) is 3.56. The van der Waals surface area contributed by atoms with Crippen LogP contribution >= 0.6 is 0 Å². The molecule has 16 heavy (non-hydrogen) atoms. The largest absolute Gasteiger partial charge is 0.316 e. The number of rotatable bonds is 6. The number of nitrogens with one attached hydrogen (secondary N) is 1. The normalized spacial score (nSPS) is 13.1. The Kier molecular flexibility index (Phi) is 5.47. The molecule has 1 rings (SSSR count). The second kappa shape index (κ2) is 6.64. The summed E-state index contributed by atoms with van der Waals surface area (Å²) in [4.78, 5) is 0. The SMILES string of the molecule is CCC(CNCC(C)C)c1ccc(F)cc1. The number of hydrogen-bond acceptors (Lipinski definition) is 1. The summed E-state index contributed by atoms with van der Waals surface area (Å²) in [6.45, 7) is 8.58. The minimum Gasteiger partial charge on any atom is -0.316 e. The highest BCUT2D eigenvalue weighted by molar-refractivity contribution is 5.20. The maximum absolute atomic E-state index is 12.8. The fourth-order valence-corrected chi connectivity index (χ4v) is 1.78. The summed E-state index contributed by atoms with van der Waals surface area (Å²) in [6, 6.07) is 6.86. The summed E-state index contributed by atoms with van der Waals surface area (Å²) >= 11 is 0. The predicted molar refractivity (Wildman–Crippen MR) is 67.1 cm³/mol. The molecule has 0 aromatic heterocycles. The first-order valence-electron chi connectivity index (χ1n) is 6.09. The van der Waals surface area contributed by atoms with Gasteiger partial charge in [-0.15, -0.1) is 0 Å². The third-order valence-corrected chi connectivity index (χ3v) is 2.78. The highest BCUT2D eigenvalue weighted by atomic mass is 19.1. The maximum atomic E-state index is 12.8. The van der Waals surface area contributed by atoms with Crippen LogP contribution in [0.3, 0.4) is 0 Å². The zero-order valence-corrected chi connectivity index (χ0v) is 10.5. The van der Waals surface area contributed by atoms with Crippen molar-refractivity contribution in [1.82, 2.24) is 5.32 Å². The Morgan fingerprint density at radius 3 is 2.25 bits per heavy atom. The molecule has 2 heteroatoms. The van der Waals surface area contributed by atoms with Gasteiger partial charge in [0.25, 0.3) is 0 Å². The van der Waals surface area contributed by atoms with Crippen molar-refractivity contribution in [3.8, 4) is 0 Å². The van der Waals surface area contributed by atoms with Gasteiger partial charge in [-0.2, -0.15) is 0 Å². The van der Waals surface area contributed by atoms with Gasteiger partial charge >= 0.3 is 0 Å². The van der Waals surface area contributed by atoms with Gasteiger partial charge in [0.1, 0.15) is 5.82 Å². The number of hydrogen-bond donors (Lipinski definition) is 1. The lowest BCUT2D eigenvalue weighted by Gasteiger charge is -2.17. The van der Waals surface area contributed by atoms with Gasteiger partial charge in [0.2, 0.25) is 0 Å². The van der Waals surface area contributed by atoms with E-state index < -0.39 is 0 Å². The lowest BCUT2D eigenvalue weighted by atomic mass is 9.96. The summed E-state index contributed by atoms with van der Waals surface area (Å²) in [6.07, 6.45) is 1.08. The van der Waals surface area contributed by atoms with E-state index in [0.717, 1.165) is 19.5 Å². The average molecular weight is 223 g/mol. The molecule has 0 amide bonds. The Morgan fingerprint density at radius 2 is 1.75 bits per heavy atom. The maximum Gasteiger partial charge on any atom is 0.123 e. The highest BCUT2D eigenvalue weighted by Crippen LogP contribution is 2.18. The van der Waals surface area contributed by atoms with Crippen molar-refractivity contribution in [2.45, 2.75) is 33.1 Å². The minimum atomic E-state index is -0.159. The summed E-state index contributed by atoms with van der Waals surface area (Å²) < 4.78 is 12.8. The van der Waals surface area contributed by atoms with Crippen molar-refractivity contribution in [2.24, 2.45) is 5.92 Å². The first kappa shape index (κ1) is 13.2. The summed E-state index contributed by atoms with van der Waals surface area (Å²) in [7, 11) is 0. The Morgan fingerprint density at radius 1 is 1.12 bits per heavy atom. The van der Waals surface area contributed by atoms with Gasteiger partial charge in [-0.05, 0) is 42.5 Å². The van der Waals surface area contributed by atoms with E-state index in [0.29, 0.717) is 11.8 Å². The minimum absolute atomic E-state index is 0.159. The van der Waals surface area contributed by atoms with Crippen LogP contribution in [-0.2, 0) is 0 Å². The molecule has 0 saturated carbocycles. The van der Waals surface area contributed by atoms with Crippen molar-refractivity contribution in [3.05, 3.63) is 35.6 Å². The van der Waals surface area contributed by atoms with E-state index in [4.69, 9.17) is 0 Å². The molecule has 0 spiro atoms. The van der Waals surface area contributed by atoms with Crippen LogP contribution < -0.4 is 5.32 Å². The smallest absolute Gasteiger partial charge is 0.123 e. The Bertz CT molecular complexity index is 292. The second-order valence-electron chi connectivity index (χ2n) is 4.71. The van der Waals surface area contributed by atoms with E-state index in [-0.39, 0.29) is 5.82 Å². The number of benzene rings is 1. The molecule has 0 heterocycles. The number of halogens is 1. The molecule has 0 saturated heterocycles. The molecule has 0 aliphatic heterocycles. The Labute approximate surface area is 98.1 Å². The van der Waals surface area contributed by atoms with E-state index in [1.165, 1.54) is 5.56 Å². The summed E-state index contributed by atoms with van der Waals surface area (Å²) in [5.74, 6) is 0.999. The Hall–Kier alpha value is -0.890. The van der Waals surface area contributed by atoms with Crippen molar-refractivity contribution < 1.29 is 4.39 Å². The average Bonchev–Trinajstić information content (AvgIpc) is 2.26. The van der Waals surface area contributed by atoms with Crippen LogP contribution in [0.2, 0.25) is 0 Å². The Balaban J connectivity index is 2.50. The van der Waals surface area contributed by atoms with Gasteiger partial charge in [0.15, 0.2) is 0 Å². The standard InChI is InChI=1S/C14H22FN/c1-4-12(10-16-9-11(2)3)13-5-7-14(15)8-6-13/h5-8,11-12,16H,4,9-10H2,1-3H3. The monoisotopic (exact) mass is 223 g/mol. The van der Waals surface area contributed by atoms with Crippen molar-refractivity contribution in [3.63, 3.8) is 0 Å². The van der Waals surface area contributed by atoms with E-state index in [1.807, 2.05) is 12.1 Å². The molecular formula is C14H22FN. The highest BCUT2D eigenvalue weighted by Gasteiger charge is 2.08. The zero-order valence-electron chi connectivity index (χ0n) is 10.5. The van der Waals surface area contributed by atoms with Gasteiger partial charge in [-0.3, -0.25) is 0 Å². The zero-order chi connectivity index (χ0) is 12.0. The van der Waals surface area contributed by atoms with Crippen LogP contribution in [0.5, 0.6) is 0 Å². The van der Waals surface area contributed by atoms with Gasteiger partial charge in [0.05, 0.1) is 0 Å². The topological polar surface area (TPSA) is 12.0 Å². The van der Waals surface area contributed by atoms with Crippen LogP contribution in [0, 0.1) is 11.7 Å². The molecule has 1 N–H and O–H groups in total. The molecule has 0 bridgehead atoms. The molecule has 0 radical (unpaired) electrons. The fourth-order valence-electron chi connectivity index (χ4n) is 1.78. The lowest BCUT2D eigenvalue weighted by Crippen LogP contribution is -2.25. The molecule has 0 aliphatic rings. The van der Waals surface area contributed by atoms with Crippen LogP contribution in [0.25, 0.3) is 0 Å². The molecule has 90 valence electrons. The van der Waals surface area contributed by atoms with E-state index in [1.54, 1.807) is 12.1 Å². The van der Waals surface area contributed by atoms with Gasteiger partial charge < -0.3 is 5.32 Å². The van der Waals surface area contributed by atoms with E-state index in [2.05, 4.69) is 26.1 Å².